The van der Waals surface area contributed by atoms with Crippen LogP contribution in [-0.2, 0) is 32.5 Å². The SMILES string of the molecule is CCc1ccc(NC(=O)Cn2cc(S(=O)(=O)N3CCOCC3)ccc2=O)cc1. The Balaban J connectivity index is 1.75. The summed E-state index contributed by atoms with van der Waals surface area (Å²) < 4.78 is 33.1. The van der Waals surface area contributed by atoms with E-state index in [1.165, 1.54) is 16.6 Å². The maximum absolute atomic E-state index is 12.7. The molecule has 8 nitrogen and oxygen atoms in total. The normalized spacial score (nSPS) is 15.3. The molecular weight excluding hydrogens is 382 g/mol. The average Bonchev–Trinajstić information content (AvgIpc) is 2.70. The van der Waals surface area contributed by atoms with Crippen LogP contribution in [0.2, 0.25) is 0 Å². The molecular formula is C19H23N3O5S. The van der Waals surface area contributed by atoms with Crippen LogP contribution in [0.5, 0.6) is 0 Å². The van der Waals surface area contributed by atoms with Gasteiger partial charge in [0.15, 0.2) is 0 Å². The van der Waals surface area contributed by atoms with Crippen molar-refractivity contribution in [2.24, 2.45) is 0 Å². The molecule has 1 saturated heterocycles. The molecule has 1 aliphatic heterocycles. The summed E-state index contributed by atoms with van der Waals surface area (Å²) in [4.78, 5) is 24.4. The molecule has 1 amide bonds. The van der Waals surface area contributed by atoms with E-state index >= 15 is 0 Å². The quantitative estimate of drug-likeness (QED) is 0.775. The first-order valence-electron chi connectivity index (χ1n) is 9.07. The predicted octanol–water partition coefficient (Wildman–Crippen LogP) is 1.07. The highest BCUT2D eigenvalue weighted by Crippen LogP contribution is 2.16. The van der Waals surface area contributed by atoms with Gasteiger partial charge in [0.1, 0.15) is 6.54 Å². The van der Waals surface area contributed by atoms with Crippen molar-refractivity contribution in [3.05, 3.63) is 58.5 Å². The molecule has 1 aromatic heterocycles. The molecule has 3 rings (SSSR count). The second-order valence-electron chi connectivity index (χ2n) is 6.45. The second kappa shape index (κ2) is 8.68. The minimum atomic E-state index is -3.74. The van der Waals surface area contributed by atoms with Gasteiger partial charge in [-0.05, 0) is 30.2 Å². The topological polar surface area (TPSA) is 97.7 Å². The molecule has 28 heavy (non-hydrogen) atoms. The lowest BCUT2D eigenvalue weighted by Crippen LogP contribution is -2.41. The molecule has 0 bridgehead atoms. The van der Waals surface area contributed by atoms with E-state index in [1.807, 2.05) is 19.1 Å². The third-order valence-corrected chi connectivity index (χ3v) is 6.41. The number of nitrogens with zero attached hydrogens (tertiary/aromatic N) is 2. The van der Waals surface area contributed by atoms with Crippen molar-refractivity contribution in [1.29, 1.82) is 0 Å². The number of carbonyl (C=O) groups is 1. The Bertz CT molecular complexity index is 993. The molecule has 0 unspecified atom stereocenters. The molecule has 0 atom stereocenters. The number of pyridine rings is 1. The van der Waals surface area contributed by atoms with Crippen LogP contribution in [0.4, 0.5) is 5.69 Å². The summed E-state index contributed by atoms with van der Waals surface area (Å²) in [6, 6.07) is 9.84. The maximum Gasteiger partial charge on any atom is 0.251 e. The van der Waals surface area contributed by atoms with Gasteiger partial charge in [0.05, 0.1) is 18.1 Å². The van der Waals surface area contributed by atoms with Gasteiger partial charge in [-0.15, -0.1) is 0 Å². The van der Waals surface area contributed by atoms with Crippen molar-refractivity contribution in [3.63, 3.8) is 0 Å². The maximum atomic E-state index is 12.7. The third-order valence-electron chi connectivity index (χ3n) is 4.52. The molecule has 0 radical (unpaired) electrons. The Labute approximate surface area is 163 Å². The molecule has 0 aliphatic carbocycles. The second-order valence-corrected chi connectivity index (χ2v) is 8.38. The van der Waals surface area contributed by atoms with Crippen LogP contribution in [0, 0.1) is 0 Å². The fourth-order valence-electron chi connectivity index (χ4n) is 2.90. The number of rotatable bonds is 6. The van der Waals surface area contributed by atoms with E-state index in [0.717, 1.165) is 22.6 Å². The Morgan fingerprint density at radius 3 is 2.43 bits per heavy atom. The summed E-state index contributed by atoms with van der Waals surface area (Å²) in [6.45, 7) is 2.94. The number of hydrogen-bond acceptors (Lipinski definition) is 5. The lowest BCUT2D eigenvalue weighted by atomic mass is 10.1. The summed E-state index contributed by atoms with van der Waals surface area (Å²) >= 11 is 0. The van der Waals surface area contributed by atoms with Crippen molar-refractivity contribution < 1.29 is 17.9 Å². The number of sulfonamides is 1. The van der Waals surface area contributed by atoms with E-state index in [9.17, 15) is 18.0 Å². The summed E-state index contributed by atoms with van der Waals surface area (Å²) in [7, 11) is -3.74. The van der Waals surface area contributed by atoms with Crippen molar-refractivity contribution in [1.82, 2.24) is 8.87 Å². The molecule has 1 aliphatic rings. The fraction of sp³-hybridized carbons (Fsp3) is 0.368. The minimum absolute atomic E-state index is 0.0194. The van der Waals surface area contributed by atoms with E-state index in [4.69, 9.17) is 4.74 Å². The average molecular weight is 405 g/mol. The Morgan fingerprint density at radius 1 is 1.11 bits per heavy atom. The van der Waals surface area contributed by atoms with Gasteiger partial charge in [0, 0.05) is 31.0 Å². The molecule has 1 aromatic carbocycles. The first-order chi connectivity index (χ1) is 13.4. The highest BCUT2D eigenvalue weighted by Gasteiger charge is 2.27. The van der Waals surface area contributed by atoms with E-state index in [2.05, 4.69) is 5.32 Å². The van der Waals surface area contributed by atoms with Gasteiger partial charge in [0.25, 0.3) is 5.56 Å². The summed E-state index contributed by atoms with van der Waals surface area (Å²) in [5.74, 6) is -0.410. The van der Waals surface area contributed by atoms with E-state index < -0.39 is 21.5 Å². The number of aryl methyl sites for hydroxylation is 1. The number of ether oxygens (including phenoxy) is 1. The number of carbonyl (C=O) groups excluding carboxylic acids is 1. The van der Waals surface area contributed by atoms with E-state index in [-0.39, 0.29) is 24.5 Å². The number of hydrogen-bond donors (Lipinski definition) is 1. The lowest BCUT2D eigenvalue weighted by molar-refractivity contribution is -0.116. The highest BCUT2D eigenvalue weighted by atomic mass is 32.2. The van der Waals surface area contributed by atoms with Gasteiger partial charge in [-0.2, -0.15) is 4.31 Å². The highest BCUT2D eigenvalue weighted by molar-refractivity contribution is 7.89. The van der Waals surface area contributed by atoms with Crippen LogP contribution < -0.4 is 10.9 Å². The van der Waals surface area contributed by atoms with Crippen LogP contribution in [-0.4, -0.2) is 49.5 Å². The lowest BCUT2D eigenvalue weighted by Gasteiger charge is -2.26. The smallest absolute Gasteiger partial charge is 0.251 e. The standard InChI is InChI=1S/C19H23N3O5S/c1-2-15-3-5-16(6-4-15)20-18(23)14-21-13-17(7-8-19(21)24)28(25,26)22-9-11-27-12-10-22/h3-8,13H,2,9-12,14H2,1H3,(H,20,23). The Kier molecular flexibility index (Phi) is 6.28. The molecule has 1 fully saturated rings. The zero-order valence-corrected chi connectivity index (χ0v) is 16.4. The number of nitrogens with one attached hydrogen (secondary N) is 1. The van der Waals surface area contributed by atoms with Gasteiger partial charge in [-0.1, -0.05) is 19.1 Å². The molecule has 9 heteroatoms. The first kappa shape index (κ1) is 20.2. The minimum Gasteiger partial charge on any atom is -0.379 e. The van der Waals surface area contributed by atoms with Crippen LogP contribution in [0.25, 0.3) is 0 Å². The largest absolute Gasteiger partial charge is 0.379 e. The number of anilines is 1. The van der Waals surface area contributed by atoms with Gasteiger partial charge >= 0.3 is 0 Å². The van der Waals surface area contributed by atoms with Crippen molar-refractivity contribution in [3.8, 4) is 0 Å². The van der Waals surface area contributed by atoms with Gasteiger partial charge in [-0.25, -0.2) is 8.42 Å². The molecule has 2 aromatic rings. The zero-order chi connectivity index (χ0) is 20.1. The zero-order valence-electron chi connectivity index (χ0n) is 15.6. The van der Waals surface area contributed by atoms with Crippen molar-refractivity contribution >= 4 is 21.6 Å². The predicted molar refractivity (Wildman–Crippen MR) is 105 cm³/mol. The molecule has 150 valence electrons. The van der Waals surface area contributed by atoms with Crippen LogP contribution in [0.3, 0.4) is 0 Å². The monoisotopic (exact) mass is 405 g/mol. The molecule has 1 N–H and O–H groups in total. The number of aromatic nitrogens is 1. The number of benzene rings is 1. The van der Waals surface area contributed by atoms with Gasteiger partial charge < -0.3 is 14.6 Å². The number of morpholine rings is 1. The molecule has 0 saturated carbocycles. The Hall–Kier alpha value is -2.49. The van der Waals surface area contributed by atoms with Crippen molar-refractivity contribution in [2.45, 2.75) is 24.8 Å². The van der Waals surface area contributed by atoms with Gasteiger partial charge in [0.2, 0.25) is 15.9 Å². The fourth-order valence-corrected chi connectivity index (χ4v) is 4.33. The van der Waals surface area contributed by atoms with E-state index in [1.54, 1.807) is 12.1 Å². The summed E-state index contributed by atoms with van der Waals surface area (Å²) in [6.07, 6.45) is 2.11. The summed E-state index contributed by atoms with van der Waals surface area (Å²) in [5, 5.41) is 2.72. The van der Waals surface area contributed by atoms with Crippen LogP contribution in [0.1, 0.15) is 12.5 Å². The molecule has 0 spiro atoms. The van der Waals surface area contributed by atoms with Crippen molar-refractivity contribution in [2.75, 3.05) is 31.6 Å². The summed E-state index contributed by atoms with van der Waals surface area (Å²) in [5.41, 5.74) is 1.32. The Morgan fingerprint density at radius 2 is 1.79 bits per heavy atom. The third kappa shape index (κ3) is 4.67. The number of amides is 1. The van der Waals surface area contributed by atoms with E-state index in [0.29, 0.717) is 18.9 Å². The van der Waals surface area contributed by atoms with Gasteiger partial charge in [-0.3, -0.25) is 9.59 Å². The van der Waals surface area contributed by atoms with Crippen LogP contribution in [0.15, 0.2) is 52.3 Å². The van der Waals surface area contributed by atoms with Crippen LogP contribution >= 0.6 is 0 Å². The molecule has 2 heterocycles. The first-order valence-corrected chi connectivity index (χ1v) is 10.5.